The molecule has 2 N–H and O–H groups in total. The standard InChI is InChI=1S/C18H16N4O5/c1-10-15(11-5-4-6-12(9-11)21(24)25)16(22(26)27)18(20-10)13-7-2-3-8-14(13)19-17(18)23/h2-10,15-16,20H,1H3,(H,19,23)/t10-,15+,16-,18-/m0/s1. The lowest BCUT2D eigenvalue weighted by Crippen LogP contribution is -2.54. The predicted octanol–water partition coefficient (Wildman–Crippen LogP) is 2.16. The largest absolute Gasteiger partial charge is 0.324 e. The Morgan fingerprint density at radius 3 is 2.52 bits per heavy atom. The molecule has 2 aliphatic heterocycles. The van der Waals surface area contributed by atoms with Gasteiger partial charge in [0.2, 0.25) is 0 Å². The summed E-state index contributed by atoms with van der Waals surface area (Å²) in [5.41, 5.74) is -0.140. The number of benzene rings is 2. The minimum Gasteiger partial charge on any atom is -0.324 e. The van der Waals surface area contributed by atoms with Crippen molar-refractivity contribution in [3.63, 3.8) is 0 Å². The summed E-state index contributed by atoms with van der Waals surface area (Å²) in [5.74, 6) is -1.19. The Morgan fingerprint density at radius 1 is 1.07 bits per heavy atom. The van der Waals surface area contributed by atoms with Crippen LogP contribution >= 0.6 is 0 Å². The number of nitrogens with zero attached hydrogens (tertiary/aromatic N) is 2. The van der Waals surface area contributed by atoms with Gasteiger partial charge in [-0.1, -0.05) is 30.3 Å². The molecule has 4 atom stereocenters. The number of nitro groups is 2. The van der Waals surface area contributed by atoms with Crippen LogP contribution in [-0.4, -0.2) is 27.8 Å². The van der Waals surface area contributed by atoms with Crippen LogP contribution in [-0.2, 0) is 10.3 Å². The van der Waals surface area contributed by atoms with E-state index in [-0.39, 0.29) is 5.69 Å². The Labute approximate surface area is 153 Å². The van der Waals surface area contributed by atoms with Gasteiger partial charge >= 0.3 is 0 Å². The number of fused-ring (bicyclic) bond motifs is 2. The molecule has 0 aliphatic carbocycles. The molecule has 0 aromatic heterocycles. The zero-order valence-corrected chi connectivity index (χ0v) is 14.3. The van der Waals surface area contributed by atoms with E-state index in [9.17, 15) is 25.0 Å². The fourth-order valence-electron chi connectivity index (χ4n) is 4.40. The molecule has 1 amide bonds. The molecule has 9 nitrogen and oxygen atoms in total. The molecule has 2 aliphatic rings. The topological polar surface area (TPSA) is 127 Å². The maximum absolute atomic E-state index is 12.9. The molecule has 27 heavy (non-hydrogen) atoms. The second-order valence-corrected chi connectivity index (χ2v) is 6.85. The first-order chi connectivity index (χ1) is 12.9. The maximum atomic E-state index is 12.9. The van der Waals surface area contributed by atoms with Gasteiger partial charge in [-0.25, -0.2) is 0 Å². The van der Waals surface area contributed by atoms with Crippen LogP contribution in [0, 0.1) is 20.2 Å². The van der Waals surface area contributed by atoms with Gasteiger partial charge in [-0.05, 0) is 18.6 Å². The first-order valence-corrected chi connectivity index (χ1v) is 8.42. The lowest BCUT2D eigenvalue weighted by Gasteiger charge is -2.25. The van der Waals surface area contributed by atoms with Gasteiger partial charge in [0.05, 0.1) is 10.8 Å². The molecule has 1 saturated heterocycles. The highest BCUT2D eigenvalue weighted by atomic mass is 16.6. The van der Waals surface area contributed by atoms with Gasteiger partial charge in [0, 0.05) is 34.3 Å². The molecule has 4 rings (SSSR count). The Bertz CT molecular complexity index is 978. The molecule has 138 valence electrons. The third-order valence-electron chi connectivity index (χ3n) is 5.43. The Hall–Kier alpha value is -3.33. The van der Waals surface area contributed by atoms with Gasteiger partial charge in [-0.15, -0.1) is 0 Å². The van der Waals surface area contributed by atoms with Crippen LogP contribution in [0.15, 0.2) is 48.5 Å². The van der Waals surface area contributed by atoms with Crippen molar-refractivity contribution in [3.05, 3.63) is 79.9 Å². The van der Waals surface area contributed by atoms with E-state index in [1.54, 1.807) is 37.3 Å². The van der Waals surface area contributed by atoms with Crippen molar-refractivity contribution in [1.82, 2.24) is 5.32 Å². The van der Waals surface area contributed by atoms with Gasteiger partial charge in [0.1, 0.15) is 0 Å². The van der Waals surface area contributed by atoms with E-state index in [1.165, 1.54) is 18.2 Å². The van der Waals surface area contributed by atoms with Gasteiger partial charge < -0.3 is 5.32 Å². The third kappa shape index (κ3) is 2.32. The molecule has 9 heteroatoms. The van der Waals surface area contributed by atoms with E-state index in [0.29, 0.717) is 16.8 Å². The highest BCUT2D eigenvalue weighted by molar-refractivity contribution is 6.07. The number of nitrogens with one attached hydrogen (secondary N) is 2. The van der Waals surface area contributed by atoms with E-state index in [0.717, 1.165) is 0 Å². The summed E-state index contributed by atoms with van der Waals surface area (Å²) < 4.78 is 0. The fraction of sp³-hybridized carbons (Fsp3) is 0.278. The van der Waals surface area contributed by atoms with Gasteiger partial charge in [0.15, 0.2) is 5.54 Å². The van der Waals surface area contributed by atoms with Crippen LogP contribution in [0.4, 0.5) is 11.4 Å². The van der Waals surface area contributed by atoms with Crippen LogP contribution in [0.1, 0.15) is 24.0 Å². The predicted molar refractivity (Wildman–Crippen MR) is 96.0 cm³/mol. The number of rotatable bonds is 3. The van der Waals surface area contributed by atoms with Gasteiger partial charge in [-0.2, -0.15) is 0 Å². The summed E-state index contributed by atoms with van der Waals surface area (Å²) in [6, 6.07) is 10.9. The van der Waals surface area contributed by atoms with Gasteiger partial charge in [-0.3, -0.25) is 30.3 Å². The second-order valence-electron chi connectivity index (χ2n) is 6.85. The van der Waals surface area contributed by atoms with Crippen molar-refractivity contribution in [3.8, 4) is 0 Å². The van der Waals surface area contributed by atoms with Crippen LogP contribution in [0.5, 0.6) is 0 Å². The SMILES string of the molecule is C[C@@H]1N[C@]2(C(=O)Nc3ccccc32)[C@@H]([N+](=O)[O-])[C@H]1c1cccc([N+](=O)[O-])c1. The lowest BCUT2D eigenvalue weighted by atomic mass is 9.78. The molecule has 0 bridgehead atoms. The zero-order chi connectivity index (χ0) is 19.3. The van der Waals surface area contributed by atoms with Crippen molar-refractivity contribution >= 4 is 17.3 Å². The van der Waals surface area contributed by atoms with Crippen molar-refractivity contribution in [2.75, 3.05) is 5.32 Å². The molecule has 0 unspecified atom stereocenters. The van der Waals surface area contributed by atoms with Crippen LogP contribution in [0.2, 0.25) is 0 Å². The molecule has 2 heterocycles. The summed E-state index contributed by atoms with van der Waals surface area (Å²) in [4.78, 5) is 35.1. The second kappa shape index (κ2) is 5.85. The molecular weight excluding hydrogens is 352 g/mol. The average molecular weight is 368 g/mol. The van der Waals surface area contributed by atoms with Crippen molar-refractivity contribution in [1.29, 1.82) is 0 Å². The number of hydrogen-bond donors (Lipinski definition) is 2. The quantitative estimate of drug-likeness (QED) is 0.631. The summed E-state index contributed by atoms with van der Waals surface area (Å²) >= 11 is 0. The maximum Gasteiger partial charge on any atom is 0.269 e. The molecule has 2 aromatic rings. The number of carbonyl (C=O) groups excluding carboxylic acids is 1. The Morgan fingerprint density at radius 2 is 1.81 bits per heavy atom. The van der Waals surface area contributed by atoms with Crippen LogP contribution < -0.4 is 10.6 Å². The van der Waals surface area contributed by atoms with Crippen LogP contribution in [0.25, 0.3) is 0 Å². The van der Waals surface area contributed by atoms with Crippen LogP contribution in [0.3, 0.4) is 0 Å². The van der Waals surface area contributed by atoms with E-state index < -0.39 is 39.3 Å². The number of para-hydroxylation sites is 1. The minimum absolute atomic E-state index is 0.140. The lowest BCUT2D eigenvalue weighted by molar-refractivity contribution is -0.532. The molecule has 1 spiro atoms. The normalized spacial score (nSPS) is 28.8. The van der Waals surface area contributed by atoms with E-state index in [2.05, 4.69) is 10.6 Å². The Balaban J connectivity index is 1.89. The van der Waals surface area contributed by atoms with E-state index >= 15 is 0 Å². The van der Waals surface area contributed by atoms with E-state index in [4.69, 9.17) is 0 Å². The molecule has 0 saturated carbocycles. The minimum atomic E-state index is -1.52. The number of nitro benzene ring substituents is 1. The molecular formula is C18H16N4O5. The number of amides is 1. The first-order valence-electron chi connectivity index (χ1n) is 8.42. The zero-order valence-electron chi connectivity index (χ0n) is 14.3. The first kappa shape index (κ1) is 17.1. The van der Waals surface area contributed by atoms with Crippen molar-refractivity contribution < 1.29 is 14.6 Å². The summed E-state index contributed by atoms with van der Waals surface area (Å²) in [5, 5.41) is 29.1. The summed E-state index contributed by atoms with van der Waals surface area (Å²) in [6.45, 7) is 1.75. The van der Waals surface area contributed by atoms with Crippen molar-refractivity contribution in [2.24, 2.45) is 0 Å². The monoisotopic (exact) mass is 368 g/mol. The van der Waals surface area contributed by atoms with Crippen molar-refractivity contribution in [2.45, 2.75) is 30.5 Å². The summed E-state index contributed by atoms with van der Waals surface area (Å²) in [6.07, 6.45) is 0. The number of anilines is 1. The smallest absolute Gasteiger partial charge is 0.269 e. The number of carbonyl (C=O) groups is 1. The molecule has 1 fully saturated rings. The number of non-ortho nitro benzene ring substituents is 1. The van der Waals surface area contributed by atoms with E-state index in [1.807, 2.05) is 0 Å². The summed E-state index contributed by atoms with van der Waals surface area (Å²) in [7, 11) is 0. The highest BCUT2D eigenvalue weighted by Crippen LogP contribution is 2.49. The highest BCUT2D eigenvalue weighted by Gasteiger charge is 2.67. The average Bonchev–Trinajstić information content (AvgIpc) is 3.10. The van der Waals surface area contributed by atoms with Gasteiger partial charge in [0.25, 0.3) is 17.6 Å². The fourth-order valence-corrected chi connectivity index (χ4v) is 4.40. The number of hydrogen-bond acceptors (Lipinski definition) is 6. The Kier molecular flexibility index (Phi) is 3.70. The third-order valence-corrected chi connectivity index (χ3v) is 5.43. The molecule has 0 radical (unpaired) electrons. The molecule has 2 aromatic carbocycles.